The van der Waals surface area contributed by atoms with Crippen LogP contribution in [0, 0.1) is 0 Å². The zero-order valence-electron chi connectivity index (χ0n) is 16.1. The van der Waals surface area contributed by atoms with Crippen molar-refractivity contribution in [2.24, 2.45) is 0 Å². The van der Waals surface area contributed by atoms with E-state index in [4.69, 9.17) is 16.3 Å². The molecule has 0 spiro atoms. The molecule has 1 amide bonds. The predicted octanol–water partition coefficient (Wildman–Crippen LogP) is 4.97. The first-order valence-electron chi connectivity index (χ1n) is 9.54. The SMILES string of the molecule is O=C(c1ccc(Cl)cc1)N(c1ccc(Oc2ccccc2)cc1)C1CCS(=O)(=O)C1. The Balaban J connectivity index is 1.63. The van der Waals surface area contributed by atoms with Crippen LogP contribution in [0.15, 0.2) is 78.9 Å². The average Bonchev–Trinajstić information content (AvgIpc) is 3.10. The van der Waals surface area contributed by atoms with E-state index in [-0.39, 0.29) is 17.4 Å². The molecule has 1 aliphatic rings. The van der Waals surface area contributed by atoms with Gasteiger partial charge < -0.3 is 9.64 Å². The molecule has 5 nitrogen and oxygen atoms in total. The Kier molecular flexibility index (Phi) is 5.79. The highest BCUT2D eigenvalue weighted by Crippen LogP contribution is 2.30. The number of rotatable bonds is 5. The maximum absolute atomic E-state index is 13.3. The van der Waals surface area contributed by atoms with Gasteiger partial charge >= 0.3 is 0 Å². The Bertz CT molecular complexity index is 1130. The largest absolute Gasteiger partial charge is 0.457 e. The number of carbonyl (C=O) groups excluding carboxylic acids is 1. The highest BCUT2D eigenvalue weighted by molar-refractivity contribution is 7.91. The lowest BCUT2D eigenvalue weighted by atomic mass is 10.1. The maximum Gasteiger partial charge on any atom is 0.258 e. The van der Waals surface area contributed by atoms with E-state index in [0.29, 0.717) is 34.2 Å². The minimum atomic E-state index is -3.16. The van der Waals surface area contributed by atoms with E-state index in [1.807, 2.05) is 30.3 Å². The van der Waals surface area contributed by atoms with E-state index < -0.39 is 15.9 Å². The summed E-state index contributed by atoms with van der Waals surface area (Å²) < 4.78 is 29.9. The number of ether oxygens (including phenoxy) is 1. The van der Waals surface area contributed by atoms with E-state index >= 15 is 0 Å². The molecule has 3 aromatic rings. The molecule has 0 N–H and O–H groups in total. The number of carbonyl (C=O) groups is 1. The molecular formula is C23H20ClNO4S. The highest BCUT2D eigenvalue weighted by Gasteiger charge is 2.36. The molecule has 154 valence electrons. The molecule has 30 heavy (non-hydrogen) atoms. The molecule has 4 rings (SSSR count). The number of hydrogen-bond donors (Lipinski definition) is 0. The molecule has 1 aliphatic heterocycles. The molecule has 3 aromatic carbocycles. The molecule has 1 unspecified atom stereocenters. The summed E-state index contributed by atoms with van der Waals surface area (Å²) >= 11 is 5.94. The summed E-state index contributed by atoms with van der Waals surface area (Å²) in [5, 5.41) is 0.531. The number of amides is 1. The van der Waals surface area contributed by atoms with Crippen LogP contribution in [0.25, 0.3) is 0 Å². The molecule has 7 heteroatoms. The summed E-state index contributed by atoms with van der Waals surface area (Å²) in [6, 6.07) is 22.7. The summed E-state index contributed by atoms with van der Waals surface area (Å²) in [5.41, 5.74) is 1.07. The Labute approximate surface area is 180 Å². The van der Waals surface area contributed by atoms with Crippen LogP contribution in [0.3, 0.4) is 0 Å². The van der Waals surface area contributed by atoms with Crippen LogP contribution in [0.2, 0.25) is 5.02 Å². The van der Waals surface area contributed by atoms with Crippen molar-refractivity contribution in [2.45, 2.75) is 12.5 Å². The second-order valence-corrected chi connectivity index (χ2v) is 9.81. The third kappa shape index (κ3) is 4.66. The average molecular weight is 442 g/mol. The first kappa shape index (κ1) is 20.4. The van der Waals surface area contributed by atoms with Crippen LogP contribution in [-0.2, 0) is 9.84 Å². The van der Waals surface area contributed by atoms with Crippen molar-refractivity contribution >= 4 is 33.0 Å². The van der Waals surface area contributed by atoms with Crippen molar-refractivity contribution < 1.29 is 17.9 Å². The normalized spacial score (nSPS) is 17.4. The van der Waals surface area contributed by atoms with Crippen LogP contribution < -0.4 is 9.64 Å². The van der Waals surface area contributed by atoms with Gasteiger partial charge in [0, 0.05) is 16.3 Å². The van der Waals surface area contributed by atoms with Crippen molar-refractivity contribution in [3.8, 4) is 11.5 Å². The quantitative estimate of drug-likeness (QED) is 0.561. The molecule has 0 aliphatic carbocycles. The molecule has 1 atom stereocenters. The molecule has 1 fully saturated rings. The van der Waals surface area contributed by atoms with Crippen LogP contribution in [-0.4, -0.2) is 31.9 Å². The number of halogens is 1. The number of sulfone groups is 1. The summed E-state index contributed by atoms with van der Waals surface area (Å²) in [5.74, 6) is 1.11. The van der Waals surface area contributed by atoms with Gasteiger partial charge in [-0.2, -0.15) is 0 Å². The van der Waals surface area contributed by atoms with Crippen molar-refractivity contribution in [2.75, 3.05) is 16.4 Å². The number of nitrogens with zero attached hydrogens (tertiary/aromatic N) is 1. The second kappa shape index (κ2) is 8.50. The predicted molar refractivity (Wildman–Crippen MR) is 118 cm³/mol. The first-order chi connectivity index (χ1) is 14.4. The van der Waals surface area contributed by atoms with Gasteiger partial charge in [-0.15, -0.1) is 0 Å². The lowest BCUT2D eigenvalue weighted by Crippen LogP contribution is -2.41. The smallest absolute Gasteiger partial charge is 0.258 e. The fourth-order valence-electron chi connectivity index (χ4n) is 3.50. The van der Waals surface area contributed by atoms with Crippen LogP contribution in [0.5, 0.6) is 11.5 Å². The lowest BCUT2D eigenvalue weighted by Gasteiger charge is -2.28. The molecule has 1 saturated heterocycles. The van der Waals surface area contributed by atoms with E-state index in [2.05, 4.69) is 0 Å². The van der Waals surface area contributed by atoms with Crippen LogP contribution >= 0.6 is 11.6 Å². The van der Waals surface area contributed by atoms with Gasteiger partial charge in [0.25, 0.3) is 5.91 Å². The van der Waals surface area contributed by atoms with Gasteiger partial charge in [-0.05, 0) is 67.1 Å². The van der Waals surface area contributed by atoms with Gasteiger partial charge in [0.2, 0.25) is 0 Å². The molecule has 0 bridgehead atoms. The van der Waals surface area contributed by atoms with E-state index in [9.17, 15) is 13.2 Å². The number of anilines is 1. The first-order valence-corrected chi connectivity index (χ1v) is 11.7. The van der Waals surface area contributed by atoms with Crippen molar-refractivity contribution in [1.82, 2.24) is 0 Å². The summed E-state index contributed by atoms with van der Waals surface area (Å²) in [7, 11) is -3.16. The monoisotopic (exact) mass is 441 g/mol. The van der Waals surface area contributed by atoms with Crippen molar-refractivity contribution in [3.05, 3.63) is 89.4 Å². The van der Waals surface area contributed by atoms with Crippen molar-refractivity contribution in [3.63, 3.8) is 0 Å². The number of para-hydroxylation sites is 1. The molecule has 0 saturated carbocycles. The Morgan fingerprint density at radius 1 is 0.900 bits per heavy atom. The topological polar surface area (TPSA) is 63.7 Å². The maximum atomic E-state index is 13.3. The van der Waals surface area contributed by atoms with Gasteiger partial charge in [0.1, 0.15) is 11.5 Å². The van der Waals surface area contributed by atoms with Gasteiger partial charge in [0.15, 0.2) is 9.84 Å². The molecule has 0 aromatic heterocycles. The summed E-state index contributed by atoms with van der Waals surface area (Å²) in [4.78, 5) is 14.9. The summed E-state index contributed by atoms with van der Waals surface area (Å²) in [6.45, 7) is 0. The fourth-order valence-corrected chi connectivity index (χ4v) is 5.33. The third-order valence-electron chi connectivity index (χ3n) is 4.98. The van der Waals surface area contributed by atoms with Crippen LogP contribution in [0.4, 0.5) is 5.69 Å². The summed E-state index contributed by atoms with van der Waals surface area (Å²) in [6.07, 6.45) is 0.407. The molecule has 1 heterocycles. The zero-order valence-corrected chi connectivity index (χ0v) is 17.6. The molecule has 0 radical (unpaired) electrons. The van der Waals surface area contributed by atoms with Gasteiger partial charge in [-0.3, -0.25) is 4.79 Å². The van der Waals surface area contributed by atoms with E-state index in [1.54, 1.807) is 53.4 Å². The standard InChI is InChI=1S/C23H20ClNO4S/c24-18-8-6-17(7-9-18)23(26)25(20-14-15-30(27,28)16-20)19-10-12-22(13-11-19)29-21-4-2-1-3-5-21/h1-13,20H,14-16H2. The zero-order chi connectivity index (χ0) is 21.1. The van der Waals surface area contributed by atoms with Crippen molar-refractivity contribution in [1.29, 1.82) is 0 Å². The van der Waals surface area contributed by atoms with E-state index in [0.717, 1.165) is 0 Å². The minimum Gasteiger partial charge on any atom is -0.457 e. The lowest BCUT2D eigenvalue weighted by molar-refractivity contribution is 0.0979. The Hall–Kier alpha value is -2.83. The Morgan fingerprint density at radius 2 is 1.53 bits per heavy atom. The van der Waals surface area contributed by atoms with Gasteiger partial charge in [-0.25, -0.2) is 8.42 Å². The van der Waals surface area contributed by atoms with Gasteiger partial charge in [0.05, 0.1) is 17.5 Å². The van der Waals surface area contributed by atoms with Gasteiger partial charge in [-0.1, -0.05) is 29.8 Å². The third-order valence-corrected chi connectivity index (χ3v) is 6.98. The minimum absolute atomic E-state index is 0.0470. The number of benzene rings is 3. The highest BCUT2D eigenvalue weighted by atomic mass is 35.5. The fraction of sp³-hybridized carbons (Fsp3) is 0.174. The van der Waals surface area contributed by atoms with E-state index in [1.165, 1.54) is 0 Å². The number of hydrogen-bond acceptors (Lipinski definition) is 4. The second-order valence-electron chi connectivity index (χ2n) is 7.15. The van der Waals surface area contributed by atoms with Crippen LogP contribution in [0.1, 0.15) is 16.8 Å². The molecular weight excluding hydrogens is 422 g/mol. The Morgan fingerprint density at radius 3 is 2.13 bits per heavy atom.